The zero-order chi connectivity index (χ0) is 21.3. The molecule has 160 valence electrons. The van der Waals surface area contributed by atoms with Gasteiger partial charge in [-0.3, -0.25) is 14.5 Å². The molecule has 2 aromatic rings. The maximum Gasteiger partial charge on any atom is 0.246 e. The fourth-order valence-electron chi connectivity index (χ4n) is 3.18. The first-order valence-corrected chi connectivity index (χ1v) is 11.1. The lowest BCUT2D eigenvalue weighted by Gasteiger charge is -2.33. The van der Waals surface area contributed by atoms with E-state index in [0.29, 0.717) is 45.9 Å². The number of hydrogen-bond acceptors (Lipinski definition) is 5. The van der Waals surface area contributed by atoms with Crippen LogP contribution in [0, 0.1) is 0 Å². The molecule has 0 unspecified atom stereocenters. The van der Waals surface area contributed by atoms with Crippen molar-refractivity contribution in [2.45, 2.75) is 0 Å². The van der Waals surface area contributed by atoms with Crippen molar-refractivity contribution < 1.29 is 14.3 Å². The lowest BCUT2D eigenvalue weighted by Crippen LogP contribution is -2.51. The summed E-state index contributed by atoms with van der Waals surface area (Å²) in [5.41, 5.74) is 0.998. The molecule has 2 amide bonds. The Hall–Kier alpha value is -2.19. The van der Waals surface area contributed by atoms with Crippen LogP contribution in [0.5, 0.6) is 0 Å². The molecule has 0 saturated carbocycles. The van der Waals surface area contributed by atoms with E-state index >= 15 is 0 Å². The van der Waals surface area contributed by atoms with Gasteiger partial charge in [0, 0.05) is 66.2 Å². The average molecular weight is 448 g/mol. The van der Waals surface area contributed by atoms with E-state index in [9.17, 15) is 9.59 Å². The van der Waals surface area contributed by atoms with Gasteiger partial charge in [-0.15, -0.1) is 11.3 Å². The topological polar surface area (TPSA) is 61.9 Å². The molecule has 0 atom stereocenters. The Morgan fingerprint density at radius 2 is 1.93 bits per heavy atom. The molecule has 1 N–H and O–H groups in total. The van der Waals surface area contributed by atoms with Crippen LogP contribution in [-0.4, -0.2) is 74.6 Å². The number of benzene rings is 1. The number of rotatable bonds is 8. The molecule has 6 nitrogen and oxygen atoms in total. The SMILES string of the molecule is COCCNC(=O)CN1CCN(C(=O)C=Cc2ccc(-c3ccccc3Cl)s2)CC1. The molecule has 0 radical (unpaired) electrons. The average Bonchev–Trinajstić information content (AvgIpc) is 3.22. The van der Waals surface area contributed by atoms with E-state index in [4.69, 9.17) is 16.3 Å². The van der Waals surface area contributed by atoms with Gasteiger partial charge in [0.1, 0.15) is 0 Å². The van der Waals surface area contributed by atoms with Crippen molar-refractivity contribution >= 4 is 40.8 Å². The summed E-state index contributed by atoms with van der Waals surface area (Å²) < 4.78 is 4.92. The molecule has 1 aliphatic rings. The lowest BCUT2D eigenvalue weighted by atomic mass is 10.2. The number of halogens is 1. The van der Waals surface area contributed by atoms with Crippen molar-refractivity contribution in [1.29, 1.82) is 0 Å². The summed E-state index contributed by atoms with van der Waals surface area (Å²) in [5.74, 6) is -0.0226. The summed E-state index contributed by atoms with van der Waals surface area (Å²) in [6.07, 6.45) is 3.47. The first-order chi connectivity index (χ1) is 14.6. The molecular formula is C22H26ClN3O3S. The molecule has 1 aromatic heterocycles. The van der Waals surface area contributed by atoms with Gasteiger partial charge in [0.05, 0.1) is 13.2 Å². The Morgan fingerprint density at radius 1 is 1.17 bits per heavy atom. The van der Waals surface area contributed by atoms with Gasteiger partial charge in [-0.25, -0.2) is 0 Å². The minimum Gasteiger partial charge on any atom is -0.383 e. The molecule has 1 fully saturated rings. The van der Waals surface area contributed by atoms with Crippen LogP contribution in [0.3, 0.4) is 0 Å². The number of ether oxygens (including phenoxy) is 1. The monoisotopic (exact) mass is 447 g/mol. The Labute approximate surface area is 186 Å². The van der Waals surface area contributed by atoms with Gasteiger partial charge in [-0.1, -0.05) is 29.8 Å². The Balaban J connectivity index is 1.46. The number of carbonyl (C=O) groups is 2. The Morgan fingerprint density at radius 3 is 2.67 bits per heavy atom. The summed E-state index contributed by atoms with van der Waals surface area (Å²) in [4.78, 5) is 30.4. The highest BCUT2D eigenvalue weighted by atomic mass is 35.5. The lowest BCUT2D eigenvalue weighted by molar-refractivity contribution is -0.128. The number of methoxy groups -OCH3 is 1. The van der Waals surface area contributed by atoms with Crippen LogP contribution in [0.25, 0.3) is 16.5 Å². The molecule has 30 heavy (non-hydrogen) atoms. The zero-order valence-electron chi connectivity index (χ0n) is 17.0. The maximum atomic E-state index is 12.5. The van der Waals surface area contributed by atoms with Crippen LogP contribution in [0.2, 0.25) is 5.02 Å². The van der Waals surface area contributed by atoms with Gasteiger partial charge in [-0.05, 0) is 24.3 Å². The predicted octanol–water partition coefficient (Wildman–Crippen LogP) is 2.99. The van der Waals surface area contributed by atoms with Crippen molar-refractivity contribution in [1.82, 2.24) is 15.1 Å². The van der Waals surface area contributed by atoms with Gasteiger partial charge in [-0.2, -0.15) is 0 Å². The molecule has 1 aromatic carbocycles. The Kier molecular flexibility index (Phi) is 8.45. The largest absolute Gasteiger partial charge is 0.383 e. The minimum atomic E-state index is -0.0151. The predicted molar refractivity (Wildman–Crippen MR) is 122 cm³/mol. The van der Waals surface area contributed by atoms with Crippen LogP contribution in [0.1, 0.15) is 4.88 Å². The van der Waals surface area contributed by atoms with Crippen LogP contribution >= 0.6 is 22.9 Å². The van der Waals surface area contributed by atoms with E-state index in [-0.39, 0.29) is 11.8 Å². The fraction of sp³-hybridized carbons (Fsp3) is 0.364. The number of amides is 2. The van der Waals surface area contributed by atoms with Crippen LogP contribution in [0.4, 0.5) is 0 Å². The van der Waals surface area contributed by atoms with Crippen molar-refractivity contribution in [2.24, 2.45) is 0 Å². The third kappa shape index (κ3) is 6.40. The smallest absolute Gasteiger partial charge is 0.246 e. The van der Waals surface area contributed by atoms with E-state index in [2.05, 4.69) is 10.2 Å². The third-order valence-electron chi connectivity index (χ3n) is 4.84. The molecule has 8 heteroatoms. The number of thiophene rings is 1. The molecule has 0 aliphatic carbocycles. The van der Waals surface area contributed by atoms with E-state index in [1.54, 1.807) is 24.5 Å². The first kappa shape index (κ1) is 22.5. The van der Waals surface area contributed by atoms with Crippen molar-refractivity contribution in [2.75, 3.05) is 53.0 Å². The highest BCUT2D eigenvalue weighted by molar-refractivity contribution is 7.16. The summed E-state index contributed by atoms with van der Waals surface area (Å²) >= 11 is 7.87. The number of carbonyl (C=O) groups excluding carboxylic acids is 2. The highest BCUT2D eigenvalue weighted by Gasteiger charge is 2.21. The van der Waals surface area contributed by atoms with Crippen molar-refractivity contribution in [3.05, 3.63) is 52.4 Å². The quantitative estimate of drug-likeness (QED) is 0.499. The number of nitrogens with zero attached hydrogens (tertiary/aromatic N) is 2. The summed E-state index contributed by atoms with van der Waals surface area (Å²) in [6.45, 7) is 3.97. The second-order valence-corrected chi connectivity index (χ2v) is 8.48. The zero-order valence-corrected chi connectivity index (χ0v) is 18.5. The van der Waals surface area contributed by atoms with Gasteiger partial charge in [0.25, 0.3) is 0 Å². The van der Waals surface area contributed by atoms with Crippen LogP contribution < -0.4 is 5.32 Å². The minimum absolute atomic E-state index is 0.00751. The van der Waals surface area contributed by atoms with E-state index < -0.39 is 0 Å². The van der Waals surface area contributed by atoms with Crippen molar-refractivity contribution in [3.8, 4) is 10.4 Å². The standard InChI is InChI=1S/C22H26ClN3O3S/c1-29-15-10-24-21(27)16-25-11-13-26(14-12-25)22(28)9-7-17-6-8-20(30-17)18-4-2-3-5-19(18)23/h2-9H,10-16H2,1H3,(H,24,27). The summed E-state index contributed by atoms with van der Waals surface area (Å²) in [6, 6.07) is 11.7. The molecular weight excluding hydrogens is 422 g/mol. The third-order valence-corrected chi connectivity index (χ3v) is 6.25. The molecule has 1 aliphatic heterocycles. The summed E-state index contributed by atoms with van der Waals surface area (Å²) in [7, 11) is 1.60. The van der Waals surface area contributed by atoms with Crippen LogP contribution in [-0.2, 0) is 14.3 Å². The first-order valence-electron chi connectivity index (χ1n) is 9.86. The van der Waals surface area contributed by atoms with Gasteiger partial charge >= 0.3 is 0 Å². The number of hydrogen-bond donors (Lipinski definition) is 1. The van der Waals surface area contributed by atoms with Gasteiger partial charge in [0.15, 0.2) is 0 Å². The second-order valence-electron chi connectivity index (χ2n) is 6.96. The second kappa shape index (κ2) is 11.3. The summed E-state index contributed by atoms with van der Waals surface area (Å²) in [5, 5.41) is 3.53. The fourth-order valence-corrected chi connectivity index (χ4v) is 4.43. The van der Waals surface area contributed by atoms with Gasteiger partial charge < -0.3 is 15.0 Å². The number of nitrogens with one attached hydrogen (secondary N) is 1. The molecule has 0 spiro atoms. The number of piperazine rings is 1. The highest BCUT2D eigenvalue weighted by Crippen LogP contribution is 2.33. The molecule has 0 bridgehead atoms. The molecule has 2 heterocycles. The van der Waals surface area contributed by atoms with E-state index in [0.717, 1.165) is 20.3 Å². The van der Waals surface area contributed by atoms with E-state index in [1.165, 1.54) is 0 Å². The molecule has 1 saturated heterocycles. The van der Waals surface area contributed by atoms with Crippen molar-refractivity contribution in [3.63, 3.8) is 0 Å². The van der Waals surface area contributed by atoms with Gasteiger partial charge in [0.2, 0.25) is 11.8 Å². The molecule has 3 rings (SSSR count). The normalized spacial score (nSPS) is 14.9. The van der Waals surface area contributed by atoms with Crippen LogP contribution in [0.15, 0.2) is 42.5 Å². The Bertz CT molecular complexity index is 891. The van der Waals surface area contributed by atoms with E-state index in [1.807, 2.05) is 47.4 Å². The maximum absolute atomic E-state index is 12.5.